The molecule has 4 nitrogen and oxygen atoms in total. The molecule has 1 saturated heterocycles. The van der Waals surface area contributed by atoms with Gasteiger partial charge >= 0.3 is 18.8 Å². The van der Waals surface area contributed by atoms with Crippen LogP contribution in [0.15, 0.2) is 18.2 Å². The molecule has 1 aromatic rings. The molecule has 0 bridgehead atoms. The normalized spacial score (nSPS) is 29.9. The Labute approximate surface area is 138 Å². The van der Waals surface area contributed by atoms with E-state index in [1.807, 2.05) is 0 Å². The number of hydrogen-bond donors (Lipinski definition) is 1. The van der Waals surface area contributed by atoms with E-state index in [1.165, 1.54) is 0 Å². The molecule has 1 heterocycles. The number of alkyl halides is 5. The molecule has 1 fully saturated rings. The Hall–Kier alpha value is -1.97. The van der Waals surface area contributed by atoms with Crippen LogP contribution in [-0.2, 0) is 9.53 Å². The summed E-state index contributed by atoms with van der Waals surface area (Å²) in [5, 5.41) is 9.23. The first-order valence-electron chi connectivity index (χ1n) is 7.10. The molecule has 10 heteroatoms. The van der Waals surface area contributed by atoms with E-state index >= 15 is 0 Å². The first-order chi connectivity index (χ1) is 11.4. The minimum atomic E-state index is -4.90. The second-order valence-corrected chi connectivity index (χ2v) is 5.86. The molecule has 1 aromatic carbocycles. The zero-order valence-corrected chi connectivity index (χ0v) is 13.0. The number of aliphatic carboxylic acids is 1. The van der Waals surface area contributed by atoms with Gasteiger partial charge in [-0.1, -0.05) is 13.0 Å². The molecule has 2 rings (SSSR count). The maximum Gasteiger partial charge on any atom is 0.417 e. The number of carboxylic acids is 1. The smallest absolute Gasteiger partial charge is 0.417 e. The lowest BCUT2D eigenvalue weighted by molar-refractivity contribution is -0.273. The van der Waals surface area contributed by atoms with Crippen molar-refractivity contribution in [2.45, 2.75) is 44.3 Å². The highest BCUT2D eigenvalue weighted by Crippen LogP contribution is 2.54. The molecule has 1 aliphatic rings. The van der Waals surface area contributed by atoms with E-state index in [4.69, 9.17) is 4.74 Å². The van der Waals surface area contributed by atoms with Gasteiger partial charge in [0, 0.05) is 23.5 Å². The lowest BCUT2D eigenvalue weighted by Gasteiger charge is -2.31. The van der Waals surface area contributed by atoms with Gasteiger partial charge in [0.25, 0.3) is 0 Å². The van der Waals surface area contributed by atoms with Crippen LogP contribution in [-0.4, -0.2) is 35.6 Å². The summed E-state index contributed by atoms with van der Waals surface area (Å²) in [5.41, 5.74) is -3.12. The summed E-state index contributed by atoms with van der Waals surface area (Å²) in [6, 6.07) is 2.31. The molecule has 1 N–H and O–H groups in total. The van der Waals surface area contributed by atoms with E-state index in [2.05, 4.69) is 4.74 Å². The number of hydrogen-bond acceptors (Lipinski definition) is 3. The van der Waals surface area contributed by atoms with Gasteiger partial charge in [0.2, 0.25) is 0 Å². The van der Waals surface area contributed by atoms with Gasteiger partial charge in [-0.25, -0.2) is 9.18 Å². The van der Waals surface area contributed by atoms with Crippen LogP contribution in [0.1, 0.15) is 25.3 Å². The average Bonchev–Trinajstić information content (AvgIpc) is 2.72. The van der Waals surface area contributed by atoms with Crippen molar-refractivity contribution >= 4 is 5.97 Å². The Morgan fingerprint density at radius 1 is 1.36 bits per heavy atom. The largest absolute Gasteiger partial charge is 0.479 e. The molecule has 0 aromatic heterocycles. The van der Waals surface area contributed by atoms with E-state index in [-0.39, 0.29) is 5.56 Å². The van der Waals surface area contributed by atoms with Crippen LogP contribution in [0.5, 0.6) is 5.75 Å². The topological polar surface area (TPSA) is 55.8 Å². The predicted molar refractivity (Wildman–Crippen MR) is 71.9 cm³/mol. The second kappa shape index (κ2) is 6.40. The summed E-state index contributed by atoms with van der Waals surface area (Å²) >= 11 is 0. The van der Waals surface area contributed by atoms with Gasteiger partial charge in [0.05, 0.1) is 0 Å². The Morgan fingerprint density at radius 2 is 1.96 bits per heavy atom. The molecular weight excluding hydrogens is 358 g/mol. The summed E-state index contributed by atoms with van der Waals surface area (Å²) in [6.07, 6.45) is -6.87. The summed E-state index contributed by atoms with van der Waals surface area (Å²) in [6.45, 7) is -1.59. The third-order valence-electron chi connectivity index (χ3n) is 4.46. The second-order valence-electron chi connectivity index (χ2n) is 5.86. The number of carbonyl (C=O) groups is 1. The summed E-state index contributed by atoms with van der Waals surface area (Å²) in [5.74, 6) is -6.32. The highest BCUT2D eigenvalue weighted by atomic mass is 19.4. The van der Waals surface area contributed by atoms with Crippen LogP contribution in [0.4, 0.5) is 26.3 Å². The van der Waals surface area contributed by atoms with Gasteiger partial charge in [-0.05, 0) is 13.0 Å². The van der Waals surface area contributed by atoms with Crippen molar-refractivity contribution in [3.05, 3.63) is 29.6 Å². The number of rotatable bonds is 4. The monoisotopic (exact) mass is 372 g/mol. The molecule has 25 heavy (non-hydrogen) atoms. The van der Waals surface area contributed by atoms with Crippen molar-refractivity contribution in [1.29, 1.82) is 0 Å². The molecule has 4 atom stereocenters. The molecule has 0 spiro atoms. The summed E-state index contributed by atoms with van der Waals surface area (Å²) in [4.78, 5) is 11.4. The van der Waals surface area contributed by atoms with Crippen LogP contribution in [0.25, 0.3) is 0 Å². The first-order valence-corrected chi connectivity index (χ1v) is 7.10. The number of benzene rings is 1. The molecule has 0 radical (unpaired) electrons. The quantitative estimate of drug-likeness (QED) is 0.814. The Kier molecular flexibility index (Phi) is 4.95. The Bertz CT molecular complexity index is 662. The molecular formula is C15H14F6O4. The van der Waals surface area contributed by atoms with Crippen LogP contribution in [0, 0.1) is 11.7 Å². The molecule has 0 aliphatic carbocycles. The lowest BCUT2D eigenvalue weighted by Crippen LogP contribution is -2.47. The van der Waals surface area contributed by atoms with Gasteiger partial charge < -0.3 is 14.6 Å². The van der Waals surface area contributed by atoms with Gasteiger partial charge in [0.1, 0.15) is 11.6 Å². The third-order valence-corrected chi connectivity index (χ3v) is 4.46. The van der Waals surface area contributed by atoms with Gasteiger partial charge in [-0.15, -0.1) is 0 Å². The van der Waals surface area contributed by atoms with Crippen molar-refractivity contribution in [2.24, 2.45) is 5.92 Å². The van der Waals surface area contributed by atoms with Crippen molar-refractivity contribution in [2.75, 3.05) is 0 Å². The van der Waals surface area contributed by atoms with E-state index in [1.54, 1.807) is 0 Å². The van der Waals surface area contributed by atoms with Crippen LogP contribution < -0.4 is 4.74 Å². The molecule has 140 valence electrons. The fourth-order valence-corrected chi connectivity index (χ4v) is 2.99. The maximum atomic E-state index is 13.4. The summed E-state index contributed by atoms with van der Waals surface area (Å²) < 4.78 is 87.5. The van der Waals surface area contributed by atoms with Crippen LogP contribution in [0.2, 0.25) is 0 Å². The summed E-state index contributed by atoms with van der Waals surface area (Å²) in [7, 11) is 0. The van der Waals surface area contributed by atoms with Crippen LogP contribution in [0.3, 0.4) is 0 Å². The van der Waals surface area contributed by atoms with Gasteiger partial charge in [0.15, 0.2) is 11.7 Å². The number of halogens is 6. The zero-order valence-electron chi connectivity index (χ0n) is 13.0. The standard InChI is InChI=1S/C15H14F6O4/c1-6-10(8-4-3-7(16)5-9(8)24-13(17)18)11(12(22)23)25-14(6,2)15(19,20)21/h3-6,10-11,13H,1-2H3,(H,22,23)/t6-,10-,11?,14+/m1/s1. The van der Waals surface area contributed by atoms with Crippen LogP contribution >= 0.6 is 0 Å². The lowest BCUT2D eigenvalue weighted by atomic mass is 9.77. The first kappa shape index (κ1) is 19.4. The van der Waals surface area contributed by atoms with E-state index < -0.39 is 53.9 Å². The highest BCUT2D eigenvalue weighted by Gasteiger charge is 2.66. The van der Waals surface area contributed by atoms with Crippen molar-refractivity contribution < 1.29 is 45.7 Å². The minimum Gasteiger partial charge on any atom is -0.479 e. The maximum absolute atomic E-state index is 13.4. The molecule has 0 saturated carbocycles. The van der Waals surface area contributed by atoms with Crippen molar-refractivity contribution in [3.8, 4) is 5.75 Å². The Morgan fingerprint density at radius 3 is 2.44 bits per heavy atom. The molecule has 0 amide bonds. The average molecular weight is 372 g/mol. The van der Waals surface area contributed by atoms with E-state index in [9.17, 15) is 36.2 Å². The Balaban J connectivity index is 2.58. The van der Waals surface area contributed by atoms with Crippen molar-refractivity contribution in [3.63, 3.8) is 0 Å². The molecule has 1 aliphatic heterocycles. The number of carboxylic acid groups (broad SMARTS) is 1. The fraction of sp³-hybridized carbons (Fsp3) is 0.533. The molecule has 1 unspecified atom stereocenters. The van der Waals surface area contributed by atoms with Crippen molar-refractivity contribution in [1.82, 2.24) is 0 Å². The fourth-order valence-electron chi connectivity index (χ4n) is 2.99. The zero-order chi connectivity index (χ0) is 19.2. The van der Waals surface area contributed by atoms with Gasteiger partial charge in [-0.2, -0.15) is 22.0 Å². The SMILES string of the molecule is C[C@@H]1[C@H](c2ccc(F)cc2OC(F)F)C(C(=O)O)O[C@]1(C)C(F)(F)F. The highest BCUT2D eigenvalue weighted by molar-refractivity contribution is 5.75. The van der Waals surface area contributed by atoms with E-state index in [0.29, 0.717) is 13.0 Å². The predicted octanol–water partition coefficient (Wildman–Crippen LogP) is 3.95. The minimum absolute atomic E-state index is 0.297. The third kappa shape index (κ3) is 3.39. The van der Waals surface area contributed by atoms with E-state index in [0.717, 1.165) is 19.1 Å². The van der Waals surface area contributed by atoms with Gasteiger partial charge in [-0.3, -0.25) is 0 Å². The number of ether oxygens (including phenoxy) is 2.